The predicted molar refractivity (Wildman–Crippen MR) is 63.4 cm³/mol. The second-order valence-electron chi connectivity index (χ2n) is 3.65. The summed E-state index contributed by atoms with van der Waals surface area (Å²) in [5.74, 6) is 0.106. The van der Waals surface area contributed by atoms with Crippen LogP contribution in [0.5, 0.6) is 5.75 Å². The summed E-state index contributed by atoms with van der Waals surface area (Å²) < 4.78 is 5.62. The van der Waals surface area contributed by atoms with Gasteiger partial charge in [-0.2, -0.15) is 0 Å². The van der Waals surface area contributed by atoms with E-state index in [1.807, 2.05) is 25.1 Å². The van der Waals surface area contributed by atoms with Crippen LogP contribution in [-0.4, -0.2) is 29.5 Å². The number of hydrogen-bond acceptors (Lipinski definition) is 4. The molecule has 0 saturated heterocycles. The maximum absolute atomic E-state index is 10.4. The van der Waals surface area contributed by atoms with Crippen LogP contribution in [0.3, 0.4) is 0 Å². The van der Waals surface area contributed by atoms with E-state index in [1.165, 1.54) is 11.8 Å². The molecule has 1 heterocycles. The number of nitrogens with one attached hydrogen (secondary N) is 1. The number of carboxylic acid groups (broad SMARTS) is 1. The zero-order valence-electron chi connectivity index (χ0n) is 8.90. The third-order valence-electron chi connectivity index (χ3n) is 2.22. The summed E-state index contributed by atoms with van der Waals surface area (Å²) in [6, 6.07) is 5.68. The standard InChI is InChI=1S/C11H13NO3S/c1-7-5-12-9-4-8(16-6-11(13)14)2-3-10(9)15-7/h2-4,7,12H,5-6H2,1H3,(H,13,14). The summed E-state index contributed by atoms with van der Waals surface area (Å²) in [6.07, 6.45) is 0.171. The van der Waals surface area contributed by atoms with E-state index in [2.05, 4.69) is 5.32 Å². The number of thioether (sulfide) groups is 1. The fourth-order valence-corrected chi connectivity index (χ4v) is 2.15. The highest BCUT2D eigenvalue weighted by Crippen LogP contribution is 2.33. The van der Waals surface area contributed by atoms with Crippen LogP contribution in [0.15, 0.2) is 23.1 Å². The predicted octanol–water partition coefficient (Wildman–Crippen LogP) is 2.06. The van der Waals surface area contributed by atoms with E-state index < -0.39 is 5.97 Å². The maximum Gasteiger partial charge on any atom is 0.313 e. The van der Waals surface area contributed by atoms with Gasteiger partial charge in [0, 0.05) is 4.90 Å². The van der Waals surface area contributed by atoms with E-state index in [0.717, 1.165) is 22.9 Å². The Balaban J connectivity index is 2.10. The quantitative estimate of drug-likeness (QED) is 0.791. The Morgan fingerprint density at radius 1 is 1.69 bits per heavy atom. The second kappa shape index (κ2) is 4.65. The summed E-state index contributed by atoms with van der Waals surface area (Å²) in [5.41, 5.74) is 0.938. The zero-order valence-corrected chi connectivity index (χ0v) is 9.71. The van der Waals surface area contributed by atoms with Gasteiger partial charge in [0.05, 0.1) is 18.0 Å². The summed E-state index contributed by atoms with van der Waals surface area (Å²) in [7, 11) is 0. The number of fused-ring (bicyclic) bond motifs is 1. The van der Waals surface area contributed by atoms with E-state index in [4.69, 9.17) is 9.84 Å². The van der Waals surface area contributed by atoms with Crippen molar-refractivity contribution in [2.75, 3.05) is 17.6 Å². The van der Waals surface area contributed by atoms with Crippen molar-refractivity contribution >= 4 is 23.4 Å². The van der Waals surface area contributed by atoms with Gasteiger partial charge in [-0.25, -0.2) is 0 Å². The van der Waals surface area contributed by atoms with Crippen molar-refractivity contribution in [3.8, 4) is 5.75 Å². The van der Waals surface area contributed by atoms with Crippen molar-refractivity contribution in [1.29, 1.82) is 0 Å². The van der Waals surface area contributed by atoms with Crippen molar-refractivity contribution in [2.45, 2.75) is 17.9 Å². The Bertz CT molecular complexity index is 408. The third-order valence-corrected chi connectivity index (χ3v) is 3.20. The number of carbonyl (C=O) groups is 1. The highest BCUT2D eigenvalue weighted by atomic mass is 32.2. The van der Waals surface area contributed by atoms with Crippen LogP contribution in [-0.2, 0) is 4.79 Å². The molecular weight excluding hydrogens is 226 g/mol. The molecule has 5 heteroatoms. The van der Waals surface area contributed by atoms with Crippen molar-refractivity contribution < 1.29 is 14.6 Å². The van der Waals surface area contributed by atoms with Gasteiger partial charge in [0.1, 0.15) is 11.9 Å². The lowest BCUT2D eigenvalue weighted by Crippen LogP contribution is -2.27. The van der Waals surface area contributed by atoms with Crippen LogP contribution in [0.4, 0.5) is 5.69 Å². The lowest BCUT2D eigenvalue weighted by atomic mass is 10.2. The molecular formula is C11H13NO3S. The number of anilines is 1. The van der Waals surface area contributed by atoms with Crippen LogP contribution >= 0.6 is 11.8 Å². The molecule has 0 fully saturated rings. The topological polar surface area (TPSA) is 58.6 Å². The molecule has 0 radical (unpaired) electrons. The normalized spacial score (nSPS) is 18.2. The Labute approximate surface area is 98.0 Å². The molecule has 0 aliphatic carbocycles. The summed E-state index contributed by atoms with van der Waals surface area (Å²) in [6.45, 7) is 2.78. The third kappa shape index (κ3) is 2.61. The number of hydrogen-bond donors (Lipinski definition) is 2. The molecule has 0 bridgehead atoms. The number of benzene rings is 1. The number of carboxylic acids is 1. The molecule has 4 nitrogen and oxygen atoms in total. The van der Waals surface area contributed by atoms with Gasteiger partial charge in [0.25, 0.3) is 0 Å². The SMILES string of the molecule is CC1CNc2cc(SCC(=O)O)ccc2O1. The van der Waals surface area contributed by atoms with Crippen molar-refractivity contribution in [3.05, 3.63) is 18.2 Å². The lowest BCUT2D eigenvalue weighted by Gasteiger charge is -2.25. The maximum atomic E-state index is 10.4. The van der Waals surface area contributed by atoms with Gasteiger partial charge < -0.3 is 15.2 Å². The number of aliphatic carboxylic acids is 1. The molecule has 16 heavy (non-hydrogen) atoms. The highest BCUT2D eigenvalue weighted by Gasteiger charge is 2.15. The molecule has 0 spiro atoms. The van der Waals surface area contributed by atoms with E-state index in [1.54, 1.807) is 0 Å². The molecule has 0 saturated carbocycles. The van der Waals surface area contributed by atoms with Gasteiger partial charge in [0.2, 0.25) is 0 Å². The van der Waals surface area contributed by atoms with Crippen LogP contribution in [0, 0.1) is 0 Å². The number of ether oxygens (including phenoxy) is 1. The van der Waals surface area contributed by atoms with Gasteiger partial charge >= 0.3 is 5.97 Å². The largest absolute Gasteiger partial charge is 0.487 e. The van der Waals surface area contributed by atoms with Gasteiger partial charge in [-0.1, -0.05) is 0 Å². The summed E-state index contributed by atoms with van der Waals surface area (Å²) in [4.78, 5) is 11.4. The molecule has 86 valence electrons. The first-order valence-electron chi connectivity index (χ1n) is 5.04. The van der Waals surface area contributed by atoms with E-state index >= 15 is 0 Å². The summed E-state index contributed by atoms with van der Waals surface area (Å²) in [5, 5.41) is 11.8. The molecule has 0 aromatic heterocycles. The van der Waals surface area contributed by atoms with Crippen molar-refractivity contribution in [2.24, 2.45) is 0 Å². The molecule has 1 aliphatic rings. The molecule has 2 rings (SSSR count). The number of rotatable bonds is 3. The first-order valence-corrected chi connectivity index (χ1v) is 6.03. The minimum Gasteiger partial charge on any atom is -0.487 e. The van der Waals surface area contributed by atoms with Crippen molar-refractivity contribution in [3.63, 3.8) is 0 Å². The zero-order chi connectivity index (χ0) is 11.5. The Morgan fingerprint density at radius 2 is 2.50 bits per heavy atom. The monoisotopic (exact) mass is 239 g/mol. The molecule has 1 aliphatic heterocycles. The highest BCUT2D eigenvalue weighted by molar-refractivity contribution is 8.00. The van der Waals surface area contributed by atoms with Gasteiger partial charge in [-0.15, -0.1) is 11.8 Å². The van der Waals surface area contributed by atoms with E-state index in [0.29, 0.717) is 0 Å². The van der Waals surface area contributed by atoms with Crippen LogP contribution in [0.1, 0.15) is 6.92 Å². The Kier molecular flexibility index (Phi) is 3.24. The fraction of sp³-hybridized carbons (Fsp3) is 0.364. The molecule has 1 aromatic rings. The smallest absolute Gasteiger partial charge is 0.313 e. The van der Waals surface area contributed by atoms with Crippen LogP contribution in [0.25, 0.3) is 0 Å². The molecule has 1 atom stereocenters. The van der Waals surface area contributed by atoms with Gasteiger partial charge in [0.15, 0.2) is 0 Å². The molecule has 1 unspecified atom stereocenters. The first-order chi connectivity index (χ1) is 7.65. The van der Waals surface area contributed by atoms with Crippen LogP contribution in [0.2, 0.25) is 0 Å². The second-order valence-corrected chi connectivity index (χ2v) is 4.70. The summed E-state index contributed by atoms with van der Waals surface area (Å²) >= 11 is 1.31. The Hall–Kier alpha value is -1.36. The molecule has 1 aromatic carbocycles. The fourth-order valence-electron chi connectivity index (χ4n) is 1.50. The minimum absolute atomic E-state index is 0.0794. The van der Waals surface area contributed by atoms with E-state index in [9.17, 15) is 4.79 Å². The van der Waals surface area contributed by atoms with E-state index in [-0.39, 0.29) is 11.9 Å². The Morgan fingerprint density at radius 3 is 3.25 bits per heavy atom. The first kappa shape index (κ1) is 11.1. The minimum atomic E-state index is -0.805. The molecule has 2 N–H and O–H groups in total. The lowest BCUT2D eigenvalue weighted by molar-refractivity contribution is -0.133. The average Bonchev–Trinajstić information content (AvgIpc) is 2.26. The average molecular weight is 239 g/mol. The van der Waals surface area contributed by atoms with Crippen molar-refractivity contribution in [1.82, 2.24) is 0 Å². The molecule has 0 amide bonds. The van der Waals surface area contributed by atoms with Crippen LogP contribution < -0.4 is 10.1 Å². The van der Waals surface area contributed by atoms with Gasteiger partial charge in [-0.05, 0) is 25.1 Å². The van der Waals surface area contributed by atoms with Gasteiger partial charge in [-0.3, -0.25) is 4.79 Å².